The Labute approximate surface area is 119 Å². The third-order valence-electron chi connectivity index (χ3n) is 3.75. The first-order valence-corrected chi connectivity index (χ1v) is 7.43. The number of para-hydroxylation sites is 1. The molecule has 0 saturated heterocycles. The van der Waals surface area contributed by atoms with Gasteiger partial charge in [0.2, 0.25) is 0 Å². The summed E-state index contributed by atoms with van der Waals surface area (Å²) in [7, 11) is 0. The Morgan fingerprint density at radius 1 is 1.35 bits per heavy atom. The van der Waals surface area contributed by atoms with Gasteiger partial charge >= 0.3 is 0 Å². The Bertz CT molecular complexity index is 446. The van der Waals surface area contributed by atoms with Gasteiger partial charge in [0.05, 0.1) is 0 Å². The van der Waals surface area contributed by atoms with Gasteiger partial charge in [-0.25, -0.2) is 0 Å². The summed E-state index contributed by atoms with van der Waals surface area (Å²) in [5.74, 6) is 1.61. The number of fused-ring (bicyclic) bond motifs is 1. The van der Waals surface area contributed by atoms with Crippen LogP contribution in [-0.2, 0) is 16.0 Å². The highest BCUT2D eigenvalue weighted by molar-refractivity contribution is 5.82. The molecule has 1 N–H and O–H groups in total. The first-order chi connectivity index (χ1) is 9.83. The van der Waals surface area contributed by atoms with Crippen molar-refractivity contribution in [1.82, 2.24) is 5.32 Å². The van der Waals surface area contributed by atoms with E-state index in [9.17, 15) is 4.79 Å². The molecule has 20 heavy (non-hydrogen) atoms. The van der Waals surface area contributed by atoms with Crippen LogP contribution in [0.1, 0.15) is 24.8 Å². The van der Waals surface area contributed by atoms with Gasteiger partial charge in [-0.05, 0) is 36.8 Å². The number of carbonyl (C=O) groups is 1. The Balaban J connectivity index is 1.31. The summed E-state index contributed by atoms with van der Waals surface area (Å²) in [5.41, 5.74) is 1.11. The summed E-state index contributed by atoms with van der Waals surface area (Å²) in [6.07, 6.45) is 3.78. The van der Waals surface area contributed by atoms with Crippen molar-refractivity contribution >= 4 is 5.91 Å². The van der Waals surface area contributed by atoms with Crippen molar-refractivity contribution in [2.24, 2.45) is 5.92 Å². The molecule has 0 aromatic heterocycles. The maximum atomic E-state index is 12.0. The van der Waals surface area contributed by atoms with Gasteiger partial charge in [-0.1, -0.05) is 18.2 Å². The van der Waals surface area contributed by atoms with Crippen molar-refractivity contribution in [3.05, 3.63) is 29.8 Å². The summed E-state index contributed by atoms with van der Waals surface area (Å²) < 4.78 is 11.2. The SMILES string of the molecule is O=C(NCCCOCC1CC1)C1Cc2ccccc2O1. The molecule has 108 valence electrons. The van der Waals surface area contributed by atoms with Gasteiger partial charge in [-0.3, -0.25) is 4.79 Å². The van der Waals surface area contributed by atoms with E-state index >= 15 is 0 Å². The smallest absolute Gasteiger partial charge is 0.261 e. The number of nitrogens with one attached hydrogen (secondary N) is 1. The average Bonchev–Trinajstić information content (AvgIpc) is 3.18. The van der Waals surface area contributed by atoms with Gasteiger partial charge in [0.1, 0.15) is 5.75 Å². The number of carbonyl (C=O) groups excluding carboxylic acids is 1. The lowest BCUT2D eigenvalue weighted by Crippen LogP contribution is -2.38. The number of amides is 1. The van der Waals surface area contributed by atoms with Crippen LogP contribution >= 0.6 is 0 Å². The molecule has 1 aromatic rings. The molecule has 0 bridgehead atoms. The van der Waals surface area contributed by atoms with Crippen LogP contribution in [0.3, 0.4) is 0 Å². The van der Waals surface area contributed by atoms with E-state index in [1.165, 1.54) is 12.8 Å². The molecule has 1 aliphatic heterocycles. The van der Waals surface area contributed by atoms with E-state index in [2.05, 4.69) is 5.32 Å². The molecule has 1 aromatic carbocycles. The lowest BCUT2D eigenvalue weighted by atomic mass is 10.1. The Kier molecular flexibility index (Phi) is 4.21. The van der Waals surface area contributed by atoms with Gasteiger partial charge in [0, 0.05) is 26.2 Å². The highest BCUT2D eigenvalue weighted by Gasteiger charge is 2.28. The summed E-state index contributed by atoms with van der Waals surface area (Å²) in [6, 6.07) is 7.82. The van der Waals surface area contributed by atoms with Crippen molar-refractivity contribution in [2.45, 2.75) is 31.8 Å². The number of ether oxygens (including phenoxy) is 2. The van der Waals surface area contributed by atoms with Crippen molar-refractivity contribution in [3.63, 3.8) is 0 Å². The van der Waals surface area contributed by atoms with E-state index in [1.807, 2.05) is 24.3 Å². The molecular weight excluding hydrogens is 254 g/mol. The minimum absolute atomic E-state index is 0.0246. The molecule has 4 heteroatoms. The normalized spacial score (nSPS) is 20.3. The molecule has 3 rings (SSSR count). The topological polar surface area (TPSA) is 47.6 Å². The Morgan fingerprint density at radius 3 is 3.00 bits per heavy atom. The zero-order valence-corrected chi connectivity index (χ0v) is 11.6. The van der Waals surface area contributed by atoms with Crippen LogP contribution in [0.15, 0.2) is 24.3 Å². The molecule has 1 atom stereocenters. The molecule has 1 unspecified atom stereocenters. The van der Waals surface area contributed by atoms with E-state index in [0.717, 1.165) is 36.9 Å². The third-order valence-corrected chi connectivity index (χ3v) is 3.75. The van der Waals surface area contributed by atoms with Crippen molar-refractivity contribution < 1.29 is 14.3 Å². The predicted molar refractivity (Wildman–Crippen MR) is 75.7 cm³/mol. The Hall–Kier alpha value is -1.55. The summed E-state index contributed by atoms with van der Waals surface area (Å²) in [6.45, 7) is 2.26. The number of hydrogen-bond acceptors (Lipinski definition) is 3. The van der Waals surface area contributed by atoms with E-state index in [-0.39, 0.29) is 12.0 Å². The highest BCUT2D eigenvalue weighted by atomic mass is 16.5. The standard InChI is InChI=1S/C16H21NO3/c18-16(17-8-3-9-19-11-12-6-7-12)15-10-13-4-1-2-5-14(13)20-15/h1-2,4-5,12,15H,3,6-11H2,(H,17,18). The zero-order valence-electron chi connectivity index (χ0n) is 11.6. The van der Waals surface area contributed by atoms with Crippen molar-refractivity contribution in [1.29, 1.82) is 0 Å². The van der Waals surface area contributed by atoms with E-state index in [0.29, 0.717) is 13.0 Å². The summed E-state index contributed by atoms with van der Waals surface area (Å²) in [5, 5.41) is 2.92. The van der Waals surface area contributed by atoms with E-state index in [4.69, 9.17) is 9.47 Å². The molecule has 4 nitrogen and oxygen atoms in total. The lowest BCUT2D eigenvalue weighted by molar-refractivity contribution is -0.127. The predicted octanol–water partition coefficient (Wildman–Crippen LogP) is 1.92. The average molecular weight is 275 g/mol. The van der Waals surface area contributed by atoms with Crippen molar-refractivity contribution in [3.8, 4) is 5.75 Å². The van der Waals surface area contributed by atoms with Gasteiger partial charge in [-0.2, -0.15) is 0 Å². The van der Waals surface area contributed by atoms with E-state index < -0.39 is 0 Å². The fourth-order valence-corrected chi connectivity index (χ4v) is 2.36. The summed E-state index contributed by atoms with van der Waals surface area (Å²) in [4.78, 5) is 12.0. The largest absolute Gasteiger partial charge is 0.480 e. The maximum Gasteiger partial charge on any atom is 0.261 e. The van der Waals surface area contributed by atoms with Crippen molar-refractivity contribution in [2.75, 3.05) is 19.8 Å². The molecular formula is C16H21NO3. The first kappa shape index (κ1) is 13.4. The van der Waals surface area contributed by atoms with Crippen LogP contribution in [0.25, 0.3) is 0 Å². The van der Waals surface area contributed by atoms with Crippen LogP contribution in [-0.4, -0.2) is 31.8 Å². The van der Waals surface area contributed by atoms with Crippen LogP contribution in [0.4, 0.5) is 0 Å². The van der Waals surface area contributed by atoms with Gasteiger partial charge in [0.15, 0.2) is 6.10 Å². The molecule has 2 aliphatic rings. The van der Waals surface area contributed by atoms with E-state index in [1.54, 1.807) is 0 Å². The zero-order chi connectivity index (χ0) is 13.8. The number of hydrogen-bond donors (Lipinski definition) is 1. The van der Waals surface area contributed by atoms with Crippen LogP contribution in [0.5, 0.6) is 5.75 Å². The monoisotopic (exact) mass is 275 g/mol. The molecule has 1 aliphatic carbocycles. The minimum atomic E-state index is -0.375. The van der Waals surface area contributed by atoms with Crippen LogP contribution < -0.4 is 10.1 Å². The van der Waals surface area contributed by atoms with Gasteiger partial charge in [-0.15, -0.1) is 0 Å². The molecule has 1 amide bonds. The number of benzene rings is 1. The van der Waals surface area contributed by atoms with Crippen LogP contribution in [0, 0.1) is 5.92 Å². The second kappa shape index (κ2) is 6.27. The molecule has 1 heterocycles. The quantitative estimate of drug-likeness (QED) is 0.773. The lowest BCUT2D eigenvalue weighted by Gasteiger charge is -2.11. The molecule has 1 fully saturated rings. The molecule has 1 saturated carbocycles. The molecule has 0 spiro atoms. The maximum absolute atomic E-state index is 12.0. The van der Waals surface area contributed by atoms with Gasteiger partial charge < -0.3 is 14.8 Å². The Morgan fingerprint density at radius 2 is 2.20 bits per heavy atom. The fraction of sp³-hybridized carbons (Fsp3) is 0.562. The third kappa shape index (κ3) is 3.51. The minimum Gasteiger partial charge on any atom is -0.480 e. The summed E-state index contributed by atoms with van der Waals surface area (Å²) >= 11 is 0. The van der Waals surface area contributed by atoms with Gasteiger partial charge in [0.25, 0.3) is 5.91 Å². The second-order valence-electron chi connectivity index (χ2n) is 5.58. The van der Waals surface area contributed by atoms with Crippen LogP contribution in [0.2, 0.25) is 0 Å². The second-order valence-corrected chi connectivity index (χ2v) is 5.58. The first-order valence-electron chi connectivity index (χ1n) is 7.43. The molecule has 0 radical (unpaired) electrons. The highest BCUT2D eigenvalue weighted by Crippen LogP contribution is 2.29. The number of rotatable bonds is 7. The fourth-order valence-electron chi connectivity index (χ4n) is 2.36.